The predicted molar refractivity (Wildman–Crippen MR) is 102 cm³/mol. The molecule has 1 aromatic heterocycles. The fraction of sp³-hybridized carbons (Fsp3) is 0.474. The zero-order chi connectivity index (χ0) is 19.6. The number of carbonyl (C=O) groups is 1. The summed E-state index contributed by atoms with van der Waals surface area (Å²) in [5.74, 6) is 1.16. The molecule has 0 bridgehead atoms. The topological polar surface area (TPSA) is 118 Å². The lowest BCUT2D eigenvalue weighted by Gasteiger charge is -2.32. The lowest BCUT2D eigenvalue weighted by Crippen LogP contribution is -2.41. The van der Waals surface area contributed by atoms with E-state index in [2.05, 4.69) is 10.1 Å². The van der Waals surface area contributed by atoms with Crippen LogP contribution in [-0.4, -0.2) is 46.0 Å². The van der Waals surface area contributed by atoms with Gasteiger partial charge < -0.3 is 25.3 Å². The van der Waals surface area contributed by atoms with Crippen molar-refractivity contribution in [2.24, 2.45) is 0 Å². The molecule has 27 heavy (non-hydrogen) atoms. The molecule has 0 saturated carbocycles. The molecule has 8 nitrogen and oxygen atoms in total. The molecular formula is C19H25N5O3. The fourth-order valence-electron chi connectivity index (χ4n) is 3.00. The smallest absolute Gasteiger partial charge is 0.410 e. The van der Waals surface area contributed by atoms with E-state index in [1.807, 2.05) is 26.8 Å². The third-order valence-corrected chi connectivity index (χ3v) is 4.44. The van der Waals surface area contributed by atoms with Crippen molar-refractivity contribution < 1.29 is 14.1 Å². The second-order valence-electron chi connectivity index (χ2n) is 7.69. The van der Waals surface area contributed by atoms with Gasteiger partial charge >= 0.3 is 6.09 Å². The lowest BCUT2D eigenvalue weighted by atomic mass is 9.97. The first-order valence-electron chi connectivity index (χ1n) is 8.99. The Kier molecular flexibility index (Phi) is 5.16. The number of hydrogen-bond acceptors (Lipinski definition) is 7. The minimum absolute atomic E-state index is 0.114. The third kappa shape index (κ3) is 4.45. The zero-order valence-corrected chi connectivity index (χ0v) is 15.9. The van der Waals surface area contributed by atoms with Crippen molar-refractivity contribution in [1.29, 1.82) is 5.41 Å². The van der Waals surface area contributed by atoms with Gasteiger partial charge in [-0.3, -0.25) is 0 Å². The number of nitrogens with zero attached hydrogens (tertiary/aromatic N) is 3. The number of benzene rings is 1. The maximum Gasteiger partial charge on any atom is 0.410 e. The minimum Gasteiger partial charge on any atom is -0.444 e. The molecule has 144 valence electrons. The van der Waals surface area contributed by atoms with Gasteiger partial charge in [-0.1, -0.05) is 17.3 Å². The van der Waals surface area contributed by atoms with Crippen LogP contribution >= 0.6 is 0 Å². The van der Waals surface area contributed by atoms with Crippen molar-refractivity contribution in [3.63, 3.8) is 0 Å². The summed E-state index contributed by atoms with van der Waals surface area (Å²) >= 11 is 0. The van der Waals surface area contributed by atoms with Crippen LogP contribution in [0, 0.1) is 5.41 Å². The van der Waals surface area contributed by atoms with Crippen molar-refractivity contribution in [1.82, 2.24) is 15.0 Å². The second-order valence-corrected chi connectivity index (χ2v) is 7.69. The number of anilines is 1. The van der Waals surface area contributed by atoms with Crippen LogP contribution in [0.25, 0.3) is 11.4 Å². The number of hydrogen-bond donors (Lipinski definition) is 2. The number of ether oxygens (including phenoxy) is 1. The van der Waals surface area contributed by atoms with Gasteiger partial charge in [-0.05, 0) is 39.7 Å². The summed E-state index contributed by atoms with van der Waals surface area (Å²) in [7, 11) is 0. The van der Waals surface area contributed by atoms with Crippen LogP contribution in [0.3, 0.4) is 0 Å². The molecule has 1 aromatic carbocycles. The standard InChI is InChI=1S/C19H25N5O3/c1-19(2,3)26-18(25)24-8-6-12(7-9-24)17-22-16(23-27-17)13-4-5-14(11-20)15(21)10-13/h4-5,10-12,20H,6-9,21H2,1-3H3. The summed E-state index contributed by atoms with van der Waals surface area (Å²) in [5.41, 5.74) is 7.32. The normalized spacial score (nSPS) is 15.6. The van der Waals surface area contributed by atoms with Crippen molar-refractivity contribution in [3.05, 3.63) is 29.7 Å². The van der Waals surface area contributed by atoms with Crippen molar-refractivity contribution >= 4 is 18.0 Å². The van der Waals surface area contributed by atoms with E-state index in [4.69, 9.17) is 20.4 Å². The zero-order valence-electron chi connectivity index (χ0n) is 15.9. The summed E-state index contributed by atoms with van der Waals surface area (Å²) < 4.78 is 10.9. The molecule has 1 aliphatic rings. The number of nitrogens with two attached hydrogens (primary N) is 1. The Morgan fingerprint density at radius 3 is 2.67 bits per heavy atom. The SMILES string of the molecule is CC(C)(C)OC(=O)N1CCC(c2nc(-c3ccc(C=N)c(N)c3)no2)CC1. The molecule has 0 spiro atoms. The molecule has 1 saturated heterocycles. The minimum atomic E-state index is -0.496. The second kappa shape index (κ2) is 7.38. The first-order chi connectivity index (χ1) is 12.8. The third-order valence-electron chi connectivity index (χ3n) is 4.44. The van der Waals surface area contributed by atoms with Gasteiger partial charge in [0.2, 0.25) is 11.7 Å². The largest absolute Gasteiger partial charge is 0.444 e. The number of amides is 1. The van der Waals surface area contributed by atoms with E-state index in [0.717, 1.165) is 18.4 Å². The molecule has 2 aromatic rings. The molecule has 2 heterocycles. The average Bonchev–Trinajstić information content (AvgIpc) is 3.10. The number of nitrogen functional groups attached to an aromatic ring is 1. The number of rotatable bonds is 3. The van der Waals surface area contributed by atoms with E-state index in [9.17, 15) is 4.79 Å². The van der Waals surface area contributed by atoms with Crippen LogP contribution in [0.5, 0.6) is 0 Å². The van der Waals surface area contributed by atoms with E-state index in [-0.39, 0.29) is 12.0 Å². The Balaban J connectivity index is 1.64. The van der Waals surface area contributed by atoms with Crippen LogP contribution < -0.4 is 5.73 Å². The van der Waals surface area contributed by atoms with Gasteiger partial charge in [0.25, 0.3) is 0 Å². The van der Waals surface area contributed by atoms with Gasteiger partial charge in [-0.25, -0.2) is 4.79 Å². The van der Waals surface area contributed by atoms with Crippen LogP contribution in [0.1, 0.15) is 51.0 Å². The highest BCUT2D eigenvalue weighted by Gasteiger charge is 2.30. The van der Waals surface area contributed by atoms with Crippen LogP contribution in [0.2, 0.25) is 0 Å². The highest BCUT2D eigenvalue weighted by molar-refractivity contribution is 5.86. The maximum atomic E-state index is 12.2. The molecule has 0 unspecified atom stereocenters. The molecule has 1 amide bonds. The van der Waals surface area contributed by atoms with Crippen molar-refractivity contribution in [2.75, 3.05) is 18.8 Å². The molecule has 0 radical (unpaired) electrons. The Hall–Kier alpha value is -2.90. The van der Waals surface area contributed by atoms with Crippen LogP contribution in [0.15, 0.2) is 22.7 Å². The van der Waals surface area contributed by atoms with E-state index in [0.29, 0.717) is 36.1 Å². The highest BCUT2D eigenvalue weighted by Crippen LogP contribution is 2.29. The summed E-state index contributed by atoms with van der Waals surface area (Å²) in [5, 5.41) is 11.4. The molecule has 3 rings (SSSR count). The van der Waals surface area contributed by atoms with E-state index in [1.54, 1.807) is 17.0 Å². The summed E-state index contributed by atoms with van der Waals surface area (Å²) in [4.78, 5) is 18.4. The number of piperidine rings is 1. The van der Waals surface area contributed by atoms with Gasteiger partial charge in [-0.2, -0.15) is 4.98 Å². The number of likely N-dealkylation sites (tertiary alicyclic amines) is 1. The van der Waals surface area contributed by atoms with Crippen molar-refractivity contribution in [3.8, 4) is 11.4 Å². The van der Waals surface area contributed by atoms with Crippen molar-refractivity contribution in [2.45, 2.75) is 45.1 Å². The molecule has 3 N–H and O–H groups in total. The Labute approximate surface area is 158 Å². The molecule has 1 aliphatic heterocycles. The summed E-state index contributed by atoms with van der Waals surface area (Å²) in [6, 6.07) is 5.31. The molecular weight excluding hydrogens is 346 g/mol. The van der Waals surface area contributed by atoms with Gasteiger partial charge in [0.15, 0.2) is 0 Å². The maximum absolute atomic E-state index is 12.2. The lowest BCUT2D eigenvalue weighted by molar-refractivity contribution is 0.0198. The first kappa shape index (κ1) is 18.9. The molecule has 8 heteroatoms. The van der Waals surface area contributed by atoms with E-state index in [1.165, 1.54) is 6.21 Å². The predicted octanol–water partition coefficient (Wildman–Crippen LogP) is 3.43. The Morgan fingerprint density at radius 1 is 1.37 bits per heavy atom. The number of aromatic nitrogens is 2. The quantitative estimate of drug-likeness (QED) is 0.630. The van der Waals surface area contributed by atoms with Gasteiger partial charge in [0.1, 0.15) is 5.60 Å². The molecule has 0 aliphatic carbocycles. The molecule has 0 atom stereocenters. The number of carbonyl (C=O) groups excluding carboxylic acids is 1. The molecule has 1 fully saturated rings. The highest BCUT2D eigenvalue weighted by atomic mass is 16.6. The van der Waals surface area contributed by atoms with E-state index >= 15 is 0 Å². The summed E-state index contributed by atoms with van der Waals surface area (Å²) in [6.45, 7) is 6.77. The Bertz CT molecular complexity index is 832. The van der Waals surface area contributed by atoms with Gasteiger partial charge in [0.05, 0.1) is 0 Å². The number of nitrogens with one attached hydrogen (secondary N) is 1. The van der Waals surface area contributed by atoms with Gasteiger partial charge in [-0.15, -0.1) is 0 Å². The summed E-state index contributed by atoms with van der Waals surface area (Å²) in [6.07, 6.45) is 2.42. The monoisotopic (exact) mass is 371 g/mol. The average molecular weight is 371 g/mol. The first-order valence-corrected chi connectivity index (χ1v) is 8.99. The van der Waals surface area contributed by atoms with Gasteiger partial charge in [0, 0.05) is 42.0 Å². The van der Waals surface area contributed by atoms with Crippen LogP contribution in [-0.2, 0) is 4.74 Å². The van der Waals surface area contributed by atoms with Crippen LogP contribution in [0.4, 0.5) is 10.5 Å². The fourth-order valence-corrected chi connectivity index (χ4v) is 3.00. The van der Waals surface area contributed by atoms with E-state index < -0.39 is 5.60 Å². The Morgan fingerprint density at radius 2 is 2.07 bits per heavy atom.